The lowest BCUT2D eigenvalue weighted by Crippen LogP contribution is -2.34. The zero-order valence-corrected chi connectivity index (χ0v) is 13.1. The standard InChI is InChI=1S/C17H30O2/c1-16(2)12-14(17(3,4)19-16)15(18)11-13-9-7-5-6-8-10-13/h13-14H,5-12H2,1-4H3. The lowest BCUT2D eigenvalue weighted by Gasteiger charge is -2.27. The van der Waals surface area contributed by atoms with Gasteiger partial charge in [0.15, 0.2) is 0 Å². The Kier molecular flexibility index (Phi) is 4.39. The monoisotopic (exact) mass is 266 g/mol. The summed E-state index contributed by atoms with van der Waals surface area (Å²) in [6.07, 6.45) is 9.51. The first-order valence-corrected chi connectivity index (χ1v) is 8.03. The number of ketones is 1. The molecule has 2 rings (SSSR count). The van der Waals surface area contributed by atoms with Crippen molar-refractivity contribution in [2.75, 3.05) is 0 Å². The highest BCUT2D eigenvalue weighted by molar-refractivity contribution is 5.82. The lowest BCUT2D eigenvalue weighted by molar-refractivity contribution is -0.130. The first kappa shape index (κ1) is 15.0. The van der Waals surface area contributed by atoms with Gasteiger partial charge in [-0.2, -0.15) is 0 Å². The van der Waals surface area contributed by atoms with Crippen molar-refractivity contribution >= 4 is 5.78 Å². The van der Waals surface area contributed by atoms with Gasteiger partial charge in [-0.15, -0.1) is 0 Å². The first-order valence-electron chi connectivity index (χ1n) is 8.03. The fourth-order valence-electron chi connectivity index (χ4n) is 4.06. The van der Waals surface area contributed by atoms with E-state index >= 15 is 0 Å². The van der Waals surface area contributed by atoms with Gasteiger partial charge in [0.2, 0.25) is 0 Å². The van der Waals surface area contributed by atoms with E-state index in [9.17, 15) is 4.79 Å². The van der Waals surface area contributed by atoms with Crippen LogP contribution in [0.1, 0.15) is 79.1 Å². The zero-order valence-electron chi connectivity index (χ0n) is 13.1. The Morgan fingerprint density at radius 2 is 1.63 bits per heavy atom. The van der Waals surface area contributed by atoms with Gasteiger partial charge < -0.3 is 4.74 Å². The first-order chi connectivity index (χ1) is 8.80. The van der Waals surface area contributed by atoms with Crippen molar-refractivity contribution in [2.45, 2.75) is 90.3 Å². The van der Waals surface area contributed by atoms with Gasteiger partial charge >= 0.3 is 0 Å². The van der Waals surface area contributed by atoms with Crippen LogP contribution in [-0.2, 0) is 9.53 Å². The summed E-state index contributed by atoms with van der Waals surface area (Å²) in [4.78, 5) is 12.6. The smallest absolute Gasteiger partial charge is 0.139 e. The second-order valence-electron chi connectivity index (χ2n) is 7.75. The Balaban J connectivity index is 1.95. The molecule has 0 aromatic heterocycles. The molecule has 2 nitrogen and oxygen atoms in total. The van der Waals surface area contributed by atoms with E-state index in [4.69, 9.17) is 4.74 Å². The Labute approximate surface area is 118 Å². The molecule has 19 heavy (non-hydrogen) atoms. The number of Topliss-reactive ketones (excluding diaryl/α,β-unsaturated/α-hetero) is 1. The average Bonchev–Trinajstić information content (AvgIpc) is 2.45. The van der Waals surface area contributed by atoms with Crippen LogP contribution in [0.15, 0.2) is 0 Å². The molecule has 1 heterocycles. The summed E-state index contributed by atoms with van der Waals surface area (Å²) in [5, 5.41) is 0. The second kappa shape index (κ2) is 5.55. The number of carbonyl (C=O) groups excluding carboxylic acids is 1. The van der Waals surface area contributed by atoms with Gasteiger partial charge in [0.1, 0.15) is 5.78 Å². The molecular formula is C17H30O2. The van der Waals surface area contributed by atoms with E-state index < -0.39 is 0 Å². The molecule has 2 fully saturated rings. The van der Waals surface area contributed by atoms with Gasteiger partial charge in [0.05, 0.1) is 11.2 Å². The van der Waals surface area contributed by atoms with Crippen molar-refractivity contribution in [3.05, 3.63) is 0 Å². The van der Waals surface area contributed by atoms with Gasteiger partial charge in [-0.05, 0) is 40.0 Å². The molecule has 0 N–H and O–H groups in total. The Hall–Kier alpha value is -0.370. The summed E-state index contributed by atoms with van der Waals surface area (Å²) < 4.78 is 6.06. The van der Waals surface area contributed by atoms with E-state index in [0.717, 1.165) is 12.8 Å². The molecule has 1 aliphatic heterocycles. The van der Waals surface area contributed by atoms with Crippen LogP contribution in [0.4, 0.5) is 0 Å². The highest BCUT2D eigenvalue weighted by atomic mass is 16.5. The minimum atomic E-state index is -0.286. The molecule has 2 aliphatic rings. The topological polar surface area (TPSA) is 26.3 Å². The molecule has 1 unspecified atom stereocenters. The summed E-state index contributed by atoms with van der Waals surface area (Å²) >= 11 is 0. The molecule has 0 aromatic rings. The summed E-state index contributed by atoms with van der Waals surface area (Å²) in [7, 11) is 0. The highest BCUT2D eigenvalue weighted by Gasteiger charge is 2.49. The number of ether oxygens (including phenoxy) is 1. The third-order valence-corrected chi connectivity index (χ3v) is 4.93. The molecule has 1 saturated carbocycles. The van der Waals surface area contributed by atoms with Gasteiger partial charge in [0.25, 0.3) is 0 Å². The van der Waals surface area contributed by atoms with Crippen LogP contribution in [0.2, 0.25) is 0 Å². The van der Waals surface area contributed by atoms with Crippen LogP contribution in [0.25, 0.3) is 0 Å². The molecule has 0 amide bonds. The quantitative estimate of drug-likeness (QED) is 0.703. The number of hydrogen-bond donors (Lipinski definition) is 0. The third kappa shape index (κ3) is 3.81. The van der Waals surface area contributed by atoms with Gasteiger partial charge in [-0.25, -0.2) is 0 Å². The highest BCUT2D eigenvalue weighted by Crippen LogP contribution is 2.43. The molecule has 0 aromatic carbocycles. The molecule has 0 radical (unpaired) electrons. The minimum Gasteiger partial charge on any atom is -0.369 e. The van der Waals surface area contributed by atoms with Crippen molar-refractivity contribution in [3.63, 3.8) is 0 Å². The van der Waals surface area contributed by atoms with Gasteiger partial charge in [-0.1, -0.05) is 38.5 Å². The van der Waals surface area contributed by atoms with Crippen LogP contribution in [0.5, 0.6) is 0 Å². The fourth-order valence-corrected chi connectivity index (χ4v) is 4.06. The second-order valence-corrected chi connectivity index (χ2v) is 7.75. The molecule has 1 aliphatic carbocycles. The van der Waals surface area contributed by atoms with Gasteiger partial charge in [-0.3, -0.25) is 4.79 Å². The molecule has 1 atom stereocenters. The Morgan fingerprint density at radius 3 is 2.11 bits per heavy atom. The van der Waals surface area contributed by atoms with Crippen molar-refractivity contribution < 1.29 is 9.53 Å². The molecule has 1 saturated heterocycles. The normalized spacial score (nSPS) is 31.1. The zero-order chi connectivity index (χ0) is 14.1. The van der Waals surface area contributed by atoms with Crippen LogP contribution in [-0.4, -0.2) is 17.0 Å². The number of carbonyl (C=O) groups is 1. The van der Waals surface area contributed by atoms with Crippen LogP contribution < -0.4 is 0 Å². The predicted molar refractivity (Wildman–Crippen MR) is 78.2 cm³/mol. The predicted octanol–water partition coefficient (Wildman–Crippen LogP) is 4.51. The van der Waals surface area contributed by atoms with Crippen molar-refractivity contribution in [3.8, 4) is 0 Å². The minimum absolute atomic E-state index is 0.0887. The van der Waals surface area contributed by atoms with E-state index in [1.807, 2.05) is 0 Å². The maximum Gasteiger partial charge on any atom is 0.139 e. The molecule has 0 spiro atoms. The van der Waals surface area contributed by atoms with Crippen molar-refractivity contribution in [1.82, 2.24) is 0 Å². The van der Waals surface area contributed by atoms with E-state index in [0.29, 0.717) is 11.7 Å². The largest absolute Gasteiger partial charge is 0.369 e. The van der Waals surface area contributed by atoms with E-state index in [1.54, 1.807) is 0 Å². The Bertz CT molecular complexity index is 322. The van der Waals surface area contributed by atoms with Crippen LogP contribution in [0.3, 0.4) is 0 Å². The van der Waals surface area contributed by atoms with E-state index in [1.165, 1.54) is 38.5 Å². The Morgan fingerprint density at radius 1 is 1.05 bits per heavy atom. The van der Waals surface area contributed by atoms with E-state index in [-0.39, 0.29) is 17.1 Å². The van der Waals surface area contributed by atoms with Gasteiger partial charge in [0, 0.05) is 12.3 Å². The molecule has 2 heteroatoms. The summed E-state index contributed by atoms with van der Waals surface area (Å²) in [6.45, 7) is 8.37. The van der Waals surface area contributed by atoms with Crippen molar-refractivity contribution in [1.29, 1.82) is 0 Å². The third-order valence-electron chi connectivity index (χ3n) is 4.93. The number of hydrogen-bond acceptors (Lipinski definition) is 2. The molecule has 110 valence electrons. The molecular weight excluding hydrogens is 236 g/mol. The average molecular weight is 266 g/mol. The lowest BCUT2D eigenvalue weighted by atomic mass is 9.80. The fraction of sp³-hybridized carbons (Fsp3) is 0.941. The van der Waals surface area contributed by atoms with Crippen molar-refractivity contribution in [2.24, 2.45) is 11.8 Å². The molecule has 0 bridgehead atoms. The maximum atomic E-state index is 12.6. The van der Waals surface area contributed by atoms with Crippen LogP contribution >= 0.6 is 0 Å². The maximum absolute atomic E-state index is 12.6. The van der Waals surface area contributed by atoms with Crippen LogP contribution in [0, 0.1) is 11.8 Å². The summed E-state index contributed by atoms with van der Waals surface area (Å²) in [5.74, 6) is 1.17. The SMILES string of the molecule is CC1(C)CC(C(=O)CC2CCCCCC2)C(C)(C)O1. The number of rotatable bonds is 3. The summed E-state index contributed by atoms with van der Waals surface area (Å²) in [6, 6.07) is 0. The summed E-state index contributed by atoms with van der Waals surface area (Å²) in [5.41, 5.74) is -0.432. The van der Waals surface area contributed by atoms with E-state index in [2.05, 4.69) is 27.7 Å².